The molecule has 1 fully saturated rings. The number of aliphatic carboxylic acids is 1. The molecule has 1 saturated carbocycles. The Hall–Kier alpha value is -4.09. The SMILES string of the molecule is CC(C)(C(=O)O)c1ccc(C2CC23C(=O)Nc2cc(Cl)c(-c4ccc(-c5ccccc5O)cc4)cc23)cc1. The smallest absolute Gasteiger partial charge is 0.313 e. The number of anilines is 1. The number of phenols is 1. The van der Waals surface area contributed by atoms with Gasteiger partial charge in [-0.15, -0.1) is 0 Å². The highest BCUT2D eigenvalue weighted by Gasteiger charge is 2.65. The normalized spacial score (nSPS) is 19.8. The molecular formula is C32H26ClNO4. The number of hydrogen-bond donors (Lipinski definition) is 3. The number of benzene rings is 4. The second-order valence-corrected chi connectivity index (χ2v) is 11.1. The van der Waals surface area contributed by atoms with Crippen LogP contribution in [0.25, 0.3) is 22.3 Å². The van der Waals surface area contributed by atoms with E-state index in [0.29, 0.717) is 11.4 Å². The van der Waals surface area contributed by atoms with Crippen molar-refractivity contribution in [2.75, 3.05) is 5.32 Å². The molecule has 1 spiro atoms. The van der Waals surface area contributed by atoms with E-state index in [2.05, 4.69) is 5.32 Å². The highest BCUT2D eigenvalue weighted by molar-refractivity contribution is 6.34. The Balaban J connectivity index is 1.33. The van der Waals surface area contributed by atoms with Gasteiger partial charge < -0.3 is 15.5 Å². The molecule has 6 rings (SSSR count). The molecule has 4 aromatic rings. The van der Waals surface area contributed by atoms with Crippen LogP contribution in [-0.2, 0) is 20.4 Å². The Kier molecular flexibility index (Phi) is 5.41. The zero-order valence-electron chi connectivity index (χ0n) is 21.0. The quantitative estimate of drug-likeness (QED) is 0.260. The van der Waals surface area contributed by atoms with E-state index in [1.807, 2.05) is 72.8 Å². The topological polar surface area (TPSA) is 86.6 Å². The van der Waals surface area contributed by atoms with Crippen LogP contribution < -0.4 is 5.32 Å². The van der Waals surface area contributed by atoms with Crippen LogP contribution in [0.1, 0.15) is 42.9 Å². The van der Waals surface area contributed by atoms with Gasteiger partial charge in [0.2, 0.25) is 5.91 Å². The summed E-state index contributed by atoms with van der Waals surface area (Å²) in [6.07, 6.45) is 0.681. The molecule has 5 nitrogen and oxygen atoms in total. The molecule has 1 amide bonds. The molecule has 1 aliphatic heterocycles. The lowest BCUT2D eigenvalue weighted by Crippen LogP contribution is -2.28. The molecule has 3 N–H and O–H groups in total. The lowest BCUT2D eigenvalue weighted by molar-refractivity contribution is -0.142. The number of phenolic OH excluding ortho intramolecular Hbond substituents is 1. The predicted molar refractivity (Wildman–Crippen MR) is 149 cm³/mol. The number of amides is 1. The number of carboxylic acids is 1. The summed E-state index contributed by atoms with van der Waals surface area (Å²) in [6, 6.07) is 26.5. The van der Waals surface area contributed by atoms with Gasteiger partial charge in [0.15, 0.2) is 0 Å². The van der Waals surface area contributed by atoms with Gasteiger partial charge in [0.25, 0.3) is 0 Å². The van der Waals surface area contributed by atoms with Crippen LogP contribution in [0.4, 0.5) is 5.69 Å². The number of para-hydroxylation sites is 1. The molecular weight excluding hydrogens is 498 g/mol. The van der Waals surface area contributed by atoms with Gasteiger partial charge in [-0.1, -0.05) is 78.3 Å². The summed E-state index contributed by atoms with van der Waals surface area (Å²) in [7, 11) is 0. The summed E-state index contributed by atoms with van der Waals surface area (Å²) < 4.78 is 0. The van der Waals surface area contributed by atoms with Gasteiger partial charge in [0.1, 0.15) is 5.75 Å². The van der Waals surface area contributed by atoms with Crippen molar-refractivity contribution < 1.29 is 19.8 Å². The fourth-order valence-electron chi connectivity index (χ4n) is 5.64. The molecule has 2 aliphatic rings. The van der Waals surface area contributed by atoms with Crippen molar-refractivity contribution in [1.29, 1.82) is 0 Å². The molecule has 0 saturated heterocycles. The predicted octanol–water partition coefficient (Wildman–Crippen LogP) is 7.12. The van der Waals surface area contributed by atoms with E-state index < -0.39 is 16.8 Å². The van der Waals surface area contributed by atoms with E-state index in [9.17, 15) is 19.8 Å². The first kappa shape index (κ1) is 24.3. The van der Waals surface area contributed by atoms with Crippen molar-refractivity contribution in [2.45, 2.75) is 37.0 Å². The molecule has 1 heterocycles. The summed E-state index contributed by atoms with van der Waals surface area (Å²) in [4.78, 5) is 24.9. The Morgan fingerprint density at radius 1 is 0.947 bits per heavy atom. The third-order valence-corrected chi connectivity index (χ3v) is 8.50. The molecule has 190 valence electrons. The van der Waals surface area contributed by atoms with Crippen LogP contribution in [0.5, 0.6) is 5.75 Å². The largest absolute Gasteiger partial charge is 0.507 e. The number of fused-ring (bicyclic) bond motifs is 2. The first-order valence-corrected chi connectivity index (χ1v) is 12.9. The molecule has 4 aromatic carbocycles. The van der Waals surface area contributed by atoms with Crippen molar-refractivity contribution >= 4 is 29.2 Å². The second kappa shape index (κ2) is 8.47. The van der Waals surface area contributed by atoms with Gasteiger partial charge in [-0.25, -0.2) is 0 Å². The maximum atomic E-state index is 13.3. The highest BCUT2D eigenvalue weighted by Crippen LogP contribution is 2.65. The van der Waals surface area contributed by atoms with Crippen LogP contribution >= 0.6 is 11.6 Å². The highest BCUT2D eigenvalue weighted by atomic mass is 35.5. The second-order valence-electron chi connectivity index (χ2n) is 10.7. The molecule has 2 atom stereocenters. The standard InChI is InChI=1S/C32H26ClNO4/c1-31(2,30(37)38)21-13-11-20(12-14-21)25-17-32(25)24-15-23(26(33)16-27(24)34-29(32)36)19-9-7-18(8-10-19)22-5-3-4-6-28(22)35/h3-16,25,35H,17H2,1-2H3,(H,34,36)(H,37,38). The average molecular weight is 524 g/mol. The molecule has 0 radical (unpaired) electrons. The minimum atomic E-state index is -0.989. The maximum Gasteiger partial charge on any atom is 0.313 e. The number of aromatic hydroxyl groups is 1. The molecule has 6 heteroatoms. The van der Waals surface area contributed by atoms with Gasteiger partial charge in [0, 0.05) is 22.7 Å². The van der Waals surface area contributed by atoms with E-state index in [1.54, 1.807) is 26.0 Å². The minimum Gasteiger partial charge on any atom is -0.507 e. The van der Waals surface area contributed by atoms with E-state index in [-0.39, 0.29) is 17.6 Å². The molecule has 1 aliphatic carbocycles. The number of carbonyl (C=O) groups is 2. The Morgan fingerprint density at radius 3 is 2.21 bits per heavy atom. The average Bonchev–Trinajstić information content (AvgIpc) is 3.60. The maximum absolute atomic E-state index is 13.3. The van der Waals surface area contributed by atoms with E-state index >= 15 is 0 Å². The van der Waals surface area contributed by atoms with Crippen molar-refractivity contribution in [3.05, 3.63) is 107 Å². The lowest BCUT2D eigenvalue weighted by Gasteiger charge is -2.20. The number of carboxylic acid groups (broad SMARTS) is 1. The van der Waals surface area contributed by atoms with Gasteiger partial charge in [0.05, 0.1) is 15.9 Å². The Labute approximate surface area is 225 Å². The summed E-state index contributed by atoms with van der Waals surface area (Å²) >= 11 is 6.69. The third kappa shape index (κ3) is 3.61. The Morgan fingerprint density at radius 2 is 1.58 bits per heavy atom. The first-order valence-electron chi connectivity index (χ1n) is 12.5. The van der Waals surface area contributed by atoms with Crippen LogP contribution in [0, 0.1) is 0 Å². The van der Waals surface area contributed by atoms with Crippen molar-refractivity contribution in [3.8, 4) is 28.0 Å². The van der Waals surface area contributed by atoms with Crippen LogP contribution in [0.15, 0.2) is 84.9 Å². The molecule has 0 aromatic heterocycles. The van der Waals surface area contributed by atoms with Gasteiger partial charge >= 0.3 is 5.97 Å². The number of hydrogen-bond acceptors (Lipinski definition) is 3. The molecule has 0 bridgehead atoms. The zero-order valence-corrected chi connectivity index (χ0v) is 21.7. The minimum absolute atomic E-state index is 0.00296. The van der Waals surface area contributed by atoms with Crippen LogP contribution in [0.3, 0.4) is 0 Å². The monoisotopic (exact) mass is 523 g/mol. The lowest BCUT2D eigenvalue weighted by atomic mass is 9.83. The van der Waals surface area contributed by atoms with Crippen LogP contribution in [-0.4, -0.2) is 22.1 Å². The number of carbonyl (C=O) groups excluding carboxylic acids is 1. The third-order valence-electron chi connectivity index (χ3n) is 8.18. The number of rotatable bonds is 5. The van der Waals surface area contributed by atoms with Gasteiger partial charge in [-0.05, 0) is 66.3 Å². The summed E-state index contributed by atoms with van der Waals surface area (Å²) in [5, 5.41) is 23.3. The number of halogens is 1. The molecule has 38 heavy (non-hydrogen) atoms. The van der Waals surface area contributed by atoms with E-state index in [4.69, 9.17) is 11.6 Å². The van der Waals surface area contributed by atoms with Crippen molar-refractivity contribution in [1.82, 2.24) is 0 Å². The van der Waals surface area contributed by atoms with Gasteiger partial charge in [-0.2, -0.15) is 0 Å². The van der Waals surface area contributed by atoms with E-state index in [0.717, 1.165) is 44.6 Å². The zero-order chi connectivity index (χ0) is 26.8. The van der Waals surface area contributed by atoms with Crippen molar-refractivity contribution in [2.24, 2.45) is 0 Å². The fraction of sp³-hybridized carbons (Fsp3) is 0.188. The Bertz CT molecular complexity index is 1610. The van der Waals surface area contributed by atoms with Crippen molar-refractivity contribution in [3.63, 3.8) is 0 Å². The summed E-state index contributed by atoms with van der Waals surface area (Å²) in [5.41, 5.74) is 5.18. The molecule has 2 unspecified atom stereocenters. The van der Waals surface area contributed by atoms with Crippen LogP contribution in [0.2, 0.25) is 5.02 Å². The fourth-order valence-corrected chi connectivity index (χ4v) is 5.91. The number of nitrogens with one attached hydrogen (secondary N) is 1. The van der Waals surface area contributed by atoms with Gasteiger partial charge in [-0.3, -0.25) is 9.59 Å². The summed E-state index contributed by atoms with van der Waals surface area (Å²) in [5.74, 6) is -0.685. The summed E-state index contributed by atoms with van der Waals surface area (Å²) in [6.45, 7) is 3.37. The van der Waals surface area contributed by atoms with E-state index in [1.165, 1.54) is 0 Å². The first-order chi connectivity index (χ1) is 18.1.